The molecule has 3 aromatic rings. The van der Waals surface area contributed by atoms with Crippen LogP contribution in [0.15, 0.2) is 51.7 Å². The van der Waals surface area contributed by atoms with Gasteiger partial charge < -0.3 is 9.73 Å². The lowest BCUT2D eigenvalue weighted by Gasteiger charge is -2.07. The predicted octanol–water partition coefficient (Wildman–Crippen LogP) is 3.63. The van der Waals surface area contributed by atoms with E-state index < -0.39 is 28.9 Å². The van der Waals surface area contributed by atoms with E-state index in [1.54, 1.807) is 25.1 Å². The van der Waals surface area contributed by atoms with Gasteiger partial charge in [0.15, 0.2) is 0 Å². The molecular formula is C17H11F2NO3. The molecule has 1 heterocycles. The van der Waals surface area contributed by atoms with Crippen molar-refractivity contribution in [1.29, 1.82) is 0 Å². The van der Waals surface area contributed by atoms with Gasteiger partial charge in [0.25, 0.3) is 5.91 Å². The van der Waals surface area contributed by atoms with Crippen molar-refractivity contribution in [3.05, 3.63) is 75.6 Å². The second kappa shape index (κ2) is 5.64. The Morgan fingerprint density at radius 1 is 1.09 bits per heavy atom. The molecule has 1 N–H and O–H groups in total. The number of carbonyl (C=O) groups excluding carboxylic acids is 1. The van der Waals surface area contributed by atoms with Crippen LogP contribution in [0, 0.1) is 18.6 Å². The molecule has 3 rings (SSSR count). The van der Waals surface area contributed by atoms with Gasteiger partial charge in [0.2, 0.25) is 0 Å². The first-order valence-electron chi connectivity index (χ1n) is 6.76. The minimum Gasteiger partial charge on any atom is -0.422 e. The highest BCUT2D eigenvalue weighted by Crippen LogP contribution is 2.20. The van der Waals surface area contributed by atoms with Crippen molar-refractivity contribution in [2.24, 2.45) is 0 Å². The minimum absolute atomic E-state index is 0.328. The van der Waals surface area contributed by atoms with E-state index >= 15 is 0 Å². The first kappa shape index (κ1) is 14.9. The summed E-state index contributed by atoms with van der Waals surface area (Å²) in [6.45, 7) is 1.76. The highest BCUT2D eigenvalue weighted by atomic mass is 19.1. The number of hydrogen-bond donors (Lipinski definition) is 1. The van der Waals surface area contributed by atoms with Gasteiger partial charge in [-0.3, -0.25) is 4.79 Å². The van der Waals surface area contributed by atoms with Gasteiger partial charge in [-0.15, -0.1) is 0 Å². The molecule has 6 heteroatoms. The smallest absolute Gasteiger partial charge is 0.349 e. The Morgan fingerprint density at radius 2 is 1.74 bits per heavy atom. The van der Waals surface area contributed by atoms with Crippen LogP contribution in [0.5, 0.6) is 0 Å². The molecule has 0 saturated carbocycles. The number of hydrogen-bond acceptors (Lipinski definition) is 3. The highest BCUT2D eigenvalue weighted by molar-refractivity contribution is 6.05. The van der Waals surface area contributed by atoms with Crippen molar-refractivity contribution in [3.63, 3.8) is 0 Å². The Balaban J connectivity index is 2.05. The predicted molar refractivity (Wildman–Crippen MR) is 81.5 cm³/mol. The number of carbonyl (C=O) groups is 1. The first-order chi connectivity index (χ1) is 11.0. The van der Waals surface area contributed by atoms with Crippen molar-refractivity contribution in [2.45, 2.75) is 6.92 Å². The molecule has 116 valence electrons. The molecule has 2 aromatic carbocycles. The number of halogens is 2. The summed E-state index contributed by atoms with van der Waals surface area (Å²) in [6.07, 6.45) is 0. The molecule has 0 spiro atoms. The van der Waals surface area contributed by atoms with Crippen LogP contribution < -0.4 is 10.9 Å². The van der Waals surface area contributed by atoms with Crippen molar-refractivity contribution in [1.82, 2.24) is 0 Å². The summed E-state index contributed by atoms with van der Waals surface area (Å²) in [5, 5.41) is 2.61. The van der Waals surface area contributed by atoms with Gasteiger partial charge in [0.1, 0.15) is 28.5 Å². The van der Waals surface area contributed by atoms with Crippen molar-refractivity contribution < 1.29 is 18.0 Å². The number of fused-ring (bicyclic) bond motifs is 1. The van der Waals surface area contributed by atoms with Crippen LogP contribution in [-0.2, 0) is 0 Å². The summed E-state index contributed by atoms with van der Waals surface area (Å²) >= 11 is 0. The number of amides is 1. The third-order valence-electron chi connectivity index (χ3n) is 3.40. The van der Waals surface area contributed by atoms with Gasteiger partial charge in [0, 0.05) is 5.39 Å². The Kier molecular flexibility index (Phi) is 3.65. The van der Waals surface area contributed by atoms with Gasteiger partial charge in [0.05, 0.1) is 0 Å². The van der Waals surface area contributed by atoms with Crippen molar-refractivity contribution in [2.75, 3.05) is 5.32 Å². The fourth-order valence-electron chi connectivity index (χ4n) is 2.25. The van der Waals surface area contributed by atoms with Crippen molar-refractivity contribution >= 4 is 22.6 Å². The van der Waals surface area contributed by atoms with E-state index in [2.05, 4.69) is 5.32 Å². The average Bonchev–Trinajstić information content (AvgIpc) is 2.51. The third kappa shape index (κ3) is 2.70. The lowest BCUT2D eigenvalue weighted by atomic mass is 10.1. The van der Waals surface area contributed by atoms with Gasteiger partial charge in [-0.25, -0.2) is 13.6 Å². The molecule has 0 atom stereocenters. The molecule has 0 saturated heterocycles. The molecule has 4 nitrogen and oxygen atoms in total. The van der Waals surface area contributed by atoms with Crippen LogP contribution in [0.25, 0.3) is 11.0 Å². The highest BCUT2D eigenvalue weighted by Gasteiger charge is 2.18. The maximum atomic E-state index is 13.6. The molecular weight excluding hydrogens is 304 g/mol. The van der Waals surface area contributed by atoms with Crippen molar-refractivity contribution in [3.8, 4) is 0 Å². The average molecular weight is 315 g/mol. The summed E-state index contributed by atoms with van der Waals surface area (Å²) < 4.78 is 32.3. The van der Waals surface area contributed by atoms with E-state index in [1.165, 1.54) is 12.1 Å². The van der Waals surface area contributed by atoms with Crippen LogP contribution in [0.4, 0.5) is 14.5 Å². The van der Waals surface area contributed by atoms with E-state index in [0.717, 1.165) is 17.7 Å². The summed E-state index contributed by atoms with van der Waals surface area (Å²) in [5.74, 6) is -2.80. The molecule has 23 heavy (non-hydrogen) atoms. The van der Waals surface area contributed by atoms with E-state index in [1.807, 2.05) is 0 Å². The first-order valence-corrected chi connectivity index (χ1v) is 6.76. The minimum atomic E-state index is -0.939. The van der Waals surface area contributed by atoms with Crippen LogP contribution in [-0.4, -0.2) is 5.91 Å². The molecule has 0 fully saturated rings. The van der Waals surface area contributed by atoms with E-state index in [-0.39, 0.29) is 5.56 Å². The van der Waals surface area contributed by atoms with Crippen LogP contribution in [0.3, 0.4) is 0 Å². The van der Waals surface area contributed by atoms with Crippen LogP contribution in [0.2, 0.25) is 0 Å². The van der Waals surface area contributed by atoms with E-state index in [4.69, 9.17) is 4.42 Å². The molecule has 0 aliphatic rings. The number of rotatable bonds is 2. The number of benzene rings is 2. The monoisotopic (exact) mass is 315 g/mol. The zero-order valence-corrected chi connectivity index (χ0v) is 12.0. The summed E-state index contributed by atoms with van der Waals surface area (Å²) in [5.41, 5.74) is -0.703. The lowest BCUT2D eigenvalue weighted by molar-refractivity contribution is 0.102. The maximum Gasteiger partial charge on any atom is 0.349 e. The SMILES string of the molecule is Cc1cccc2cc(C(=O)Nc3c(F)cccc3F)c(=O)oc12. The van der Waals surface area contributed by atoms with Gasteiger partial charge in [-0.1, -0.05) is 24.3 Å². The summed E-state index contributed by atoms with van der Waals surface area (Å²) in [4.78, 5) is 24.1. The number of aryl methyl sites for hydroxylation is 1. The van der Waals surface area contributed by atoms with Gasteiger partial charge in [-0.2, -0.15) is 0 Å². The normalized spacial score (nSPS) is 10.7. The number of nitrogens with one attached hydrogen (secondary N) is 1. The molecule has 0 unspecified atom stereocenters. The molecule has 0 aliphatic heterocycles. The van der Waals surface area contributed by atoms with E-state index in [9.17, 15) is 18.4 Å². The van der Waals surface area contributed by atoms with Crippen LogP contribution in [0.1, 0.15) is 15.9 Å². The maximum absolute atomic E-state index is 13.6. The summed E-state index contributed by atoms with van der Waals surface area (Å²) in [7, 11) is 0. The summed E-state index contributed by atoms with van der Waals surface area (Å²) in [6, 6.07) is 9.70. The quantitative estimate of drug-likeness (QED) is 0.735. The molecule has 0 bridgehead atoms. The Bertz CT molecular complexity index is 959. The Morgan fingerprint density at radius 3 is 2.43 bits per heavy atom. The third-order valence-corrected chi connectivity index (χ3v) is 3.40. The molecule has 1 amide bonds. The largest absolute Gasteiger partial charge is 0.422 e. The fourth-order valence-corrected chi connectivity index (χ4v) is 2.25. The standard InChI is InChI=1S/C17H11F2NO3/c1-9-4-2-5-10-8-11(17(22)23-15(9)10)16(21)20-14-12(18)6-3-7-13(14)19/h2-8H,1H3,(H,20,21). The number of anilines is 1. The zero-order valence-electron chi connectivity index (χ0n) is 12.0. The Labute approximate surface area is 129 Å². The zero-order chi connectivity index (χ0) is 16.6. The lowest BCUT2D eigenvalue weighted by Crippen LogP contribution is -2.21. The van der Waals surface area contributed by atoms with Gasteiger partial charge >= 0.3 is 5.63 Å². The number of para-hydroxylation sites is 2. The van der Waals surface area contributed by atoms with Gasteiger partial charge in [-0.05, 0) is 30.7 Å². The van der Waals surface area contributed by atoms with Crippen LogP contribution >= 0.6 is 0 Å². The molecule has 0 aliphatic carbocycles. The van der Waals surface area contributed by atoms with E-state index in [0.29, 0.717) is 11.0 Å². The fraction of sp³-hybridized carbons (Fsp3) is 0.0588. The Hall–Kier alpha value is -3.02. The second-order valence-corrected chi connectivity index (χ2v) is 4.99. The molecule has 0 radical (unpaired) electrons. The second-order valence-electron chi connectivity index (χ2n) is 4.99. The molecule has 1 aromatic heterocycles. The topological polar surface area (TPSA) is 59.3 Å².